The number of hydrogen-bond donors (Lipinski definition) is 1. The number of nitrogens with zero attached hydrogens (tertiary/aromatic N) is 2. The van der Waals surface area contributed by atoms with E-state index in [9.17, 15) is 9.59 Å². The average molecular weight is 470 g/mol. The maximum atomic E-state index is 12.8. The van der Waals surface area contributed by atoms with E-state index in [1.807, 2.05) is 48.7 Å². The number of halogens is 1. The molecule has 2 aromatic carbocycles. The van der Waals surface area contributed by atoms with Crippen LogP contribution in [0.3, 0.4) is 0 Å². The molecule has 0 aliphatic carbocycles. The van der Waals surface area contributed by atoms with Gasteiger partial charge < -0.3 is 5.32 Å². The number of fused-ring (bicyclic) bond motifs is 1. The minimum Gasteiger partial charge on any atom is -0.351 e. The maximum absolute atomic E-state index is 12.8. The number of rotatable bonds is 6. The zero-order valence-electron chi connectivity index (χ0n) is 17.0. The van der Waals surface area contributed by atoms with Crippen LogP contribution in [0.15, 0.2) is 63.9 Å². The number of aromatic nitrogens is 2. The smallest absolute Gasteiger partial charge is 0.271 e. The molecule has 4 rings (SSSR count). The van der Waals surface area contributed by atoms with Gasteiger partial charge in [0.2, 0.25) is 5.91 Å². The Labute approximate surface area is 193 Å². The summed E-state index contributed by atoms with van der Waals surface area (Å²) in [6.45, 7) is 2.46. The van der Waals surface area contributed by atoms with Crippen molar-refractivity contribution in [3.8, 4) is 11.1 Å². The Morgan fingerprint density at radius 1 is 1.16 bits per heavy atom. The summed E-state index contributed by atoms with van der Waals surface area (Å²) in [6.07, 6.45) is 0. The van der Waals surface area contributed by atoms with Crippen LogP contribution >= 0.6 is 34.7 Å². The number of hydrogen-bond acceptors (Lipinski definition) is 5. The predicted molar refractivity (Wildman–Crippen MR) is 129 cm³/mol. The van der Waals surface area contributed by atoms with Crippen molar-refractivity contribution in [1.29, 1.82) is 0 Å². The molecule has 0 saturated heterocycles. The Balaban J connectivity index is 1.52. The van der Waals surface area contributed by atoms with Gasteiger partial charge in [0.1, 0.15) is 4.70 Å². The largest absolute Gasteiger partial charge is 0.351 e. The van der Waals surface area contributed by atoms with Gasteiger partial charge in [-0.3, -0.25) is 14.2 Å². The van der Waals surface area contributed by atoms with Crippen molar-refractivity contribution in [2.75, 3.05) is 5.75 Å². The van der Waals surface area contributed by atoms with Crippen LogP contribution < -0.4 is 10.9 Å². The zero-order valence-corrected chi connectivity index (χ0v) is 19.4. The van der Waals surface area contributed by atoms with Gasteiger partial charge in [0.15, 0.2) is 5.16 Å². The van der Waals surface area contributed by atoms with Crippen molar-refractivity contribution in [2.24, 2.45) is 7.05 Å². The van der Waals surface area contributed by atoms with Crippen LogP contribution in [0.4, 0.5) is 0 Å². The van der Waals surface area contributed by atoms with Crippen LogP contribution in [-0.4, -0.2) is 21.2 Å². The summed E-state index contributed by atoms with van der Waals surface area (Å²) >= 11 is 8.54. The third-order valence-electron chi connectivity index (χ3n) is 4.86. The highest BCUT2D eigenvalue weighted by atomic mass is 35.5. The van der Waals surface area contributed by atoms with E-state index in [-0.39, 0.29) is 17.2 Å². The molecule has 1 N–H and O–H groups in total. The molecule has 0 bridgehead atoms. The summed E-state index contributed by atoms with van der Waals surface area (Å²) in [6, 6.07) is 15.5. The van der Waals surface area contributed by atoms with Gasteiger partial charge in [-0.1, -0.05) is 65.3 Å². The molecule has 158 valence electrons. The molecular weight excluding hydrogens is 450 g/mol. The topological polar surface area (TPSA) is 64.0 Å². The third kappa shape index (κ3) is 4.84. The molecule has 0 aliphatic rings. The summed E-state index contributed by atoms with van der Waals surface area (Å²) in [7, 11) is 1.69. The van der Waals surface area contributed by atoms with Crippen molar-refractivity contribution >= 4 is 50.8 Å². The quantitative estimate of drug-likeness (QED) is 0.317. The van der Waals surface area contributed by atoms with Gasteiger partial charge in [-0.25, -0.2) is 4.98 Å². The lowest BCUT2D eigenvalue weighted by Gasteiger charge is -2.09. The summed E-state index contributed by atoms with van der Waals surface area (Å²) in [5.74, 6) is 0.0435. The van der Waals surface area contributed by atoms with Crippen LogP contribution in [0.25, 0.3) is 21.3 Å². The molecule has 0 atom stereocenters. The van der Waals surface area contributed by atoms with E-state index in [2.05, 4.69) is 5.32 Å². The SMILES string of the molecule is Cc1ccc(-c2csc3c(=O)n(C)c(SCC(=O)NCc4ccc(Cl)cc4)nc23)cc1. The molecule has 0 unspecified atom stereocenters. The molecular formula is C23H20ClN3O2S2. The van der Waals surface area contributed by atoms with Gasteiger partial charge in [-0.05, 0) is 30.2 Å². The van der Waals surface area contributed by atoms with Crippen LogP contribution in [-0.2, 0) is 18.4 Å². The number of thiophene rings is 1. The molecule has 0 spiro atoms. The van der Waals surface area contributed by atoms with Gasteiger partial charge in [0.25, 0.3) is 5.56 Å². The highest BCUT2D eigenvalue weighted by Gasteiger charge is 2.16. The molecule has 0 aliphatic heterocycles. The first-order chi connectivity index (χ1) is 14.9. The van der Waals surface area contributed by atoms with Crippen molar-refractivity contribution < 1.29 is 4.79 Å². The van der Waals surface area contributed by atoms with Crippen LogP contribution in [0.5, 0.6) is 0 Å². The average Bonchev–Trinajstić information content (AvgIpc) is 3.19. The second-order valence-corrected chi connectivity index (χ2v) is 9.40. The normalized spacial score (nSPS) is 11.1. The molecule has 5 nitrogen and oxygen atoms in total. The number of aryl methyl sites for hydroxylation is 1. The monoisotopic (exact) mass is 469 g/mol. The van der Waals surface area contributed by atoms with Gasteiger partial charge >= 0.3 is 0 Å². The van der Waals surface area contributed by atoms with E-state index in [4.69, 9.17) is 16.6 Å². The highest BCUT2D eigenvalue weighted by Crippen LogP contribution is 2.32. The number of carbonyl (C=O) groups is 1. The summed E-state index contributed by atoms with van der Waals surface area (Å²) in [5.41, 5.74) is 4.68. The molecule has 0 radical (unpaired) electrons. The highest BCUT2D eigenvalue weighted by molar-refractivity contribution is 7.99. The fourth-order valence-electron chi connectivity index (χ4n) is 3.08. The van der Waals surface area contributed by atoms with Crippen molar-refractivity contribution in [1.82, 2.24) is 14.9 Å². The van der Waals surface area contributed by atoms with Gasteiger partial charge in [0, 0.05) is 29.6 Å². The first kappa shape index (κ1) is 21.6. The Bertz CT molecular complexity index is 1300. The second kappa shape index (κ2) is 9.26. The maximum Gasteiger partial charge on any atom is 0.271 e. The lowest BCUT2D eigenvalue weighted by atomic mass is 10.1. The van der Waals surface area contributed by atoms with E-state index >= 15 is 0 Å². The van der Waals surface area contributed by atoms with E-state index in [1.165, 1.54) is 33.2 Å². The first-order valence-corrected chi connectivity index (χ1v) is 11.9. The Morgan fingerprint density at radius 3 is 2.58 bits per heavy atom. The van der Waals surface area contributed by atoms with E-state index in [0.29, 0.717) is 26.9 Å². The summed E-state index contributed by atoms with van der Waals surface area (Å²) < 4.78 is 2.13. The summed E-state index contributed by atoms with van der Waals surface area (Å²) in [5, 5.41) is 6.03. The van der Waals surface area contributed by atoms with E-state index in [0.717, 1.165) is 16.7 Å². The minimum absolute atomic E-state index is 0.0996. The fourth-order valence-corrected chi connectivity index (χ4v) is 4.98. The number of benzene rings is 2. The third-order valence-corrected chi connectivity index (χ3v) is 7.10. The lowest BCUT2D eigenvalue weighted by Crippen LogP contribution is -2.25. The zero-order chi connectivity index (χ0) is 22.0. The first-order valence-electron chi connectivity index (χ1n) is 9.61. The standard InChI is InChI=1S/C23H20ClN3O2S2/c1-14-3-7-16(8-4-14)18-12-30-21-20(18)26-23(27(2)22(21)29)31-13-19(28)25-11-15-5-9-17(24)10-6-15/h3-10,12H,11,13H2,1-2H3,(H,25,28). The molecule has 8 heteroatoms. The lowest BCUT2D eigenvalue weighted by molar-refractivity contribution is -0.118. The van der Waals surface area contributed by atoms with Gasteiger partial charge in [-0.2, -0.15) is 0 Å². The van der Waals surface area contributed by atoms with Crippen molar-refractivity contribution in [3.05, 3.63) is 80.4 Å². The molecule has 2 aromatic heterocycles. The molecule has 31 heavy (non-hydrogen) atoms. The minimum atomic E-state index is -0.127. The Morgan fingerprint density at radius 2 is 1.87 bits per heavy atom. The molecule has 0 fully saturated rings. The van der Waals surface area contributed by atoms with E-state index < -0.39 is 0 Å². The Hall–Kier alpha value is -2.61. The predicted octanol–water partition coefficient (Wildman–Crippen LogP) is 5.03. The summed E-state index contributed by atoms with van der Waals surface area (Å²) in [4.78, 5) is 29.9. The molecule has 1 amide bonds. The van der Waals surface area contributed by atoms with Gasteiger partial charge in [-0.15, -0.1) is 11.3 Å². The van der Waals surface area contributed by atoms with Crippen LogP contribution in [0, 0.1) is 6.92 Å². The number of amides is 1. The number of thioether (sulfide) groups is 1. The van der Waals surface area contributed by atoms with Crippen LogP contribution in [0.1, 0.15) is 11.1 Å². The van der Waals surface area contributed by atoms with Crippen molar-refractivity contribution in [3.63, 3.8) is 0 Å². The number of nitrogens with one attached hydrogen (secondary N) is 1. The van der Waals surface area contributed by atoms with E-state index in [1.54, 1.807) is 19.2 Å². The Kier molecular flexibility index (Phi) is 6.46. The second-order valence-electron chi connectivity index (χ2n) is 7.14. The van der Waals surface area contributed by atoms with Gasteiger partial charge in [0.05, 0.1) is 11.3 Å². The molecule has 4 aromatic rings. The molecule has 2 heterocycles. The fraction of sp³-hybridized carbons (Fsp3) is 0.174. The van der Waals surface area contributed by atoms with Crippen molar-refractivity contribution in [2.45, 2.75) is 18.6 Å². The molecule has 0 saturated carbocycles. The van der Waals surface area contributed by atoms with Crippen LogP contribution in [0.2, 0.25) is 5.02 Å². The number of carbonyl (C=O) groups excluding carboxylic acids is 1.